The molecule has 0 spiro atoms. The van der Waals surface area contributed by atoms with E-state index in [1.165, 1.54) is 0 Å². The number of carbonyl (C=O) groups is 2. The average Bonchev–Trinajstić information content (AvgIpc) is 2.55. The minimum absolute atomic E-state index is 0.344. The highest BCUT2D eigenvalue weighted by molar-refractivity contribution is 5.95. The third-order valence-corrected chi connectivity index (χ3v) is 3.43. The van der Waals surface area contributed by atoms with Gasteiger partial charge in [0.25, 0.3) is 5.91 Å². The van der Waals surface area contributed by atoms with Crippen LogP contribution in [-0.2, 0) is 9.53 Å². The molecule has 120 valence electrons. The number of aryl methyl sites for hydroxylation is 2. The van der Waals surface area contributed by atoms with Crippen LogP contribution in [0.4, 0.5) is 5.69 Å². The summed E-state index contributed by atoms with van der Waals surface area (Å²) in [7, 11) is 1.55. The van der Waals surface area contributed by atoms with Crippen molar-refractivity contribution in [2.24, 2.45) is 0 Å². The Bertz CT molecular complexity index is 725. The van der Waals surface area contributed by atoms with Gasteiger partial charge in [0.2, 0.25) is 0 Å². The molecular weight excluding hydrogens is 294 g/mol. The summed E-state index contributed by atoms with van der Waals surface area (Å²) in [6.45, 7) is 3.54. The third kappa shape index (κ3) is 4.57. The first kappa shape index (κ1) is 16.5. The number of methoxy groups -OCH3 is 1. The number of nitrogens with one attached hydrogen (secondary N) is 1. The van der Waals surface area contributed by atoms with Gasteiger partial charge in [-0.15, -0.1) is 0 Å². The van der Waals surface area contributed by atoms with E-state index < -0.39 is 11.9 Å². The minimum atomic E-state index is -0.520. The molecule has 5 heteroatoms. The standard InChI is InChI=1S/C18H19NO4/c1-12-7-8-14(9-13(12)2)18(21)23-11-17(20)19-15-5-4-6-16(10-15)22-3/h4-10H,11H2,1-3H3,(H,19,20). The first-order valence-corrected chi connectivity index (χ1v) is 7.18. The van der Waals surface area contributed by atoms with Gasteiger partial charge in [-0.1, -0.05) is 12.1 Å². The molecule has 0 heterocycles. The predicted molar refractivity (Wildman–Crippen MR) is 87.8 cm³/mol. The maximum absolute atomic E-state index is 11.9. The van der Waals surface area contributed by atoms with Gasteiger partial charge in [-0.25, -0.2) is 4.79 Å². The summed E-state index contributed by atoms with van der Waals surface area (Å²) in [5, 5.41) is 2.65. The molecule has 0 fully saturated rings. The van der Waals surface area contributed by atoms with Crippen LogP contribution in [0.5, 0.6) is 5.75 Å². The fourth-order valence-electron chi connectivity index (χ4n) is 1.98. The normalized spacial score (nSPS) is 10.0. The number of anilines is 1. The molecule has 0 aliphatic carbocycles. The van der Waals surface area contributed by atoms with E-state index in [0.717, 1.165) is 11.1 Å². The lowest BCUT2D eigenvalue weighted by Gasteiger charge is -2.08. The fourth-order valence-corrected chi connectivity index (χ4v) is 1.98. The molecule has 1 N–H and O–H groups in total. The molecule has 23 heavy (non-hydrogen) atoms. The number of hydrogen-bond acceptors (Lipinski definition) is 4. The van der Waals surface area contributed by atoms with Gasteiger partial charge < -0.3 is 14.8 Å². The van der Waals surface area contributed by atoms with E-state index in [4.69, 9.17) is 9.47 Å². The number of rotatable bonds is 5. The first-order valence-electron chi connectivity index (χ1n) is 7.18. The zero-order valence-corrected chi connectivity index (χ0v) is 13.4. The van der Waals surface area contributed by atoms with Crippen LogP contribution in [0.15, 0.2) is 42.5 Å². The number of esters is 1. The summed E-state index contributed by atoms with van der Waals surface area (Å²) in [4.78, 5) is 23.8. The molecule has 2 aromatic carbocycles. The van der Waals surface area contributed by atoms with Crippen molar-refractivity contribution < 1.29 is 19.1 Å². The lowest BCUT2D eigenvalue weighted by molar-refractivity contribution is -0.119. The molecule has 0 unspecified atom stereocenters. The van der Waals surface area contributed by atoms with E-state index in [0.29, 0.717) is 17.0 Å². The van der Waals surface area contributed by atoms with E-state index in [1.54, 1.807) is 43.5 Å². The molecule has 1 amide bonds. The molecule has 0 saturated carbocycles. The average molecular weight is 313 g/mol. The SMILES string of the molecule is COc1cccc(NC(=O)COC(=O)c2ccc(C)c(C)c2)c1. The van der Waals surface area contributed by atoms with Crippen molar-refractivity contribution in [1.29, 1.82) is 0 Å². The molecule has 0 aliphatic heterocycles. The maximum atomic E-state index is 11.9. The number of benzene rings is 2. The molecule has 0 bridgehead atoms. The lowest BCUT2D eigenvalue weighted by Crippen LogP contribution is -2.21. The number of carbonyl (C=O) groups excluding carboxylic acids is 2. The zero-order chi connectivity index (χ0) is 16.8. The molecule has 0 radical (unpaired) electrons. The fraction of sp³-hybridized carbons (Fsp3) is 0.222. The number of ether oxygens (including phenoxy) is 2. The van der Waals surface area contributed by atoms with Crippen LogP contribution >= 0.6 is 0 Å². The Morgan fingerprint density at radius 3 is 2.52 bits per heavy atom. The summed E-state index contributed by atoms with van der Waals surface area (Å²) in [6, 6.07) is 12.2. The second-order valence-corrected chi connectivity index (χ2v) is 5.16. The first-order chi connectivity index (χ1) is 11.0. The Morgan fingerprint density at radius 1 is 1.04 bits per heavy atom. The molecule has 2 aromatic rings. The Morgan fingerprint density at radius 2 is 1.83 bits per heavy atom. The van der Waals surface area contributed by atoms with E-state index >= 15 is 0 Å². The monoisotopic (exact) mass is 313 g/mol. The molecule has 2 rings (SSSR count). The Kier molecular flexibility index (Phi) is 5.36. The highest BCUT2D eigenvalue weighted by Crippen LogP contribution is 2.16. The third-order valence-electron chi connectivity index (χ3n) is 3.43. The summed E-state index contributed by atoms with van der Waals surface area (Å²) in [6.07, 6.45) is 0. The second kappa shape index (κ2) is 7.45. The van der Waals surface area contributed by atoms with E-state index in [1.807, 2.05) is 19.9 Å². The van der Waals surface area contributed by atoms with Crippen molar-refractivity contribution in [1.82, 2.24) is 0 Å². The minimum Gasteiger partial charge on any atom is -0.497 e. The molecule has 0 saturated heterocycles. The highest BCUT2D eigenvalue weighted by Gasteiger charge is 2.11. The lowest BCUT2D eigenvalue weighted by atomic mass is 10.1. The molecule has 0 aromatic heterocycles. The summed E-state index contributed by atoms with van der Waals surface area (Å²) in [5.74, 6) is -0.292. The Hall–Kier alpha value is -2.82. The van der Waals surface area contributed by atoms with Crippen LogP contribution in [0.2, 0.25) is 0 Å². The van der Waals surface area contributed by atoms with Gasteiger partial charge in [-0.05, 0) is 49.2 Å². The van der Waals surface area contributed by atoms with Crippen LogP contribution in [0.25, 0.3) is 0 Å². The van der Waals surface area contributed by atoms with Crippen molar-refractivity contribution >= 4 is 17.6 Å². The van der Waals surface area contributed by atoms with Crippen molar-refractivity contribution in [3.63, 3.8) is 0 Å². The molecule has 0 atom stereocenters. The Labute approximate surface area is 135 Å². The van der Waals surface area contributed by atoms with E-state index in [9.17, 15) is 9.59 Å². The van der Waals surface area contributed by atoms with Gasteiger partial charge in [0.1, 0.15) is 5.75 Å². The van der Waals surface area contributed by atoms with Gasteiger partial charge >= 0.3 is 5.97 Å². The van der Waals surface area contributed by atoms with Crippen molar-refractivity contribution in [2.45, 2.75) is 13.8 Å². The van der Waals surface area contributed by atoms with Crippen LogP contribution in [0.3, 0.4) is 0 Å². The predicted octanol–water partition coefficient (Wildman–Crippen LogP) is 3.11. The number of amides is 1. The molecular formula is C18H19NO4. The summed E-state index contributed by atoms with van der Waals surface area (Å²) >= 11 is 0. The maximum Gasteiger partial charge on any atom is 0.338 e. The van der Waals surface area contributed by atoms with Gasteiger partial charge in [0.15, 0.2) is 6.61 Å². The highest BCUT2D eigenvalue weighted by atomic mass is 16.5. The van der Waals surface area contributed by atoms with Gasteiger partial charge in [-0.2, -0.15) is 0 Å². The van der Waals surface area contributed by atoms with Crippen LogP contribution in [-0.4, -0.2) is 25.6 Å². The zero-order valence-electron chi connectivity index (χ0n) is 13.4. The van der Waals surface area contributed by atoms with Gasteiger partial charge in [0, 0.05) is 11.8 Å². The topological polar surface area (TPSA) is 64.6 Å². The van der Waals surface area contributed by atoms with E-state index in [-0.39, 0.29) is 6.61 Å². The number of hydrogen-bond donors (Lipinski definition) is 1. The molecule has 5 nitrogen and oxygen atoms in total. The van der Waals surface area contributed by atoms with Gasteiger partial charge in [-0.3, -0.25) is 4.79 Å². The summed E-state index contributed by atoms with van der Waals surface area (Å²) in [5.41, 5.74) is 3.11. The van der Waals surface area contributed by atoms with Crippen LogP contribution in [0, 0.1) is 13.8 Å². The van der Waals surface area contributed by atoms with E-state index in [2.05, 4.69) is 5.32 Å². The largest absolute Gasteiger partial charge is 0.497 e. The smallest absolute Gasteiger partial charge is 0.338 e. The second-order valence-electron chi connectivity index (χ2n) is 5.16. The molecule has 0 aliphatic rings. The van der Waals surface area contributed by atoms with Gasteiger partial charge in [0.05, 0.1) is 12.7 Å². The summed E-state index contributed by atoms with van der Waals surface area (Å²) < 4.78 is 10.1. The quantitative estimate of drug-likeness (QED) is 0.861. The van der Waals surface area contributed by atoms with Crippen LogP contribution < -0.4 is 10.1 Å². The Balaban J connectivity index is 1.90. The van der Waals surface area contributed by atoms with Crippen LogP contribution in [0.1, 0.15) is 21.5 Å². The van der Waals surface area contributed by atoms with Crippen molar-refractivity contribution in [3.8, 4) is 5.75 Å². The van der Waals surface area contributed by atoms with Crippen molar-refractivity contribution in [2.75, 3.05) is 19.0 Å². The van der Waals surface area contributed by atoms with Crippen molar-refractivity contribution in [3.05, 3.63) is 59.2 Å².